The summed E-state index contributed by atoms with van der Waals surface area (Å²) in [5.41, 5.74) is 0.581. The maximum absolute atomic E-state index is 7.71. The third kappa shape index (κ3) is 2.82. The molecule has 0 aliphatic heterocycles. The number of hydrogen-bond donors (Lipinski definition) is 2. The molecule has 0 aliphatic carbocycles. The number of amidine groups is 1. The topological polar surface area (TPSA) is 61.7 Å². The summed E-state index contributed by atoms with van der Waals surface area (Å²) >= 11 is 0. The highest BCUT2D eigenvalue weighted by Gasteiger charge is 2.16. The lowest BCUT2D eigenvalue weighted by molar-refractivity contribution is 0.586. The number of rotatable bonds is 1. The molecular formula is C9H14N4. The van der Waals surface area contributed by atoms with Crippen molar-refractivity contribution in [2.75, 3.05) is 5.32 Å². The SMILES string of the molecule is CC(C)(C)C(=N)Nc1cncnc1. The molecule has 4 nitrogen and oxygen atoms in total. The number of nitrogens with one attached hydrogen (secondary N) is 2. The predicted molar refractivity (Wildman–Crippen MR) is 52.8 cm³/mol. The summed E-state index contributed by atoms with van der Waals surface area (Å²) < 4.78 is 0. The van der Waals surface area contributed by atoms with E-state index in [1.165, 1.54) is 6.33 Å². The second-order valence-corrected chi connectivity index (χ2v) is 3.88. The summed E-state index contributed by atoms with van der Waals surface area (Å²) in [6.45, 7) is 5.93. The first-order valence-corrected chi connectivity index (χ1v) is 4.11. The summed E-state index contributed by atoms with van der Waals surface area (Å²) in [6.07, 6.45) is 4.76. The van der Waals surface area contributed by atoms with Crippen LogP contribution in [-0.4, -0.2) is 15.8 Å². The van der Waals surface area contributed by atoms with Gasteiger partial charge in [0.25, 0.3) is 0 Å². The predicted octanol–water partition coefficient (Wildman–Crippen LogP) is 1.91. The summed E-state index contributed by atoms with van der Waals surface area (Å²) in [6, 6.07) is 0. The highest BCUT2D eigenvalue weighted by atomic mass is 15.0. The van der Waals surface area contributed by atoms with Crippen LogP contribution < -0.4 is 5.32 Å². The van der Waals surface area contributed by atoms with Crippen molar-refractivity contribution in [3.63, 3.8) is 0 Å². The lowest BCUT2D eigenvalue weighted by atomic mass is 9.95. The largest absolute Gasteiger partial charge is 0.341 e. The third-order valence-corrected chi connectivity index (χ3v) is 1.58. The van der Waals surface area contributed by atoms with Crippen LogP contribution in [0.2, 0.25) is 0 Å². The molecule has 0 atom stereocenters. The quantitative estimate of drug-likeness (QED) is 0.510. The Hall–Kier alpha value is -1.45. The standard InChI is InChI=1S/C9H14N4/c1-9(2,3)8(10)13-7-4-11-6-12-5-7/h4-6H,1-3H3,(H2,10,13). The van der Waals surface area contributed by atoms with E-state index in [0.29, 0.717) is 5.84 Å². The van der Waals surface area contributed by atoms with Crippen molar-refractivity contribution in [3.8, 4) is 0 Å². The Morgan fingerprint density at radius 2 is 1.85 bits per heavy atom. The molecule has 2 N–H and O–H groups in total. The molecule has 0 amide bonds. The molecule has 70 valence electrons. The van der Waals surface area contributed by atoms with Crippen LogP contribution in [0, 0.1) is 10.8 Å². The van der Waals surface area contributed by atoms with Crippen molar-refractivity contribution in [1.29, 1.82) is 5.41 Å². The molecule has 1 aromatic heterocycles. The Bertz CT molecular complexity index is 286. The second-order valence-electron chi connectivity index (χ2n) is 3.88. The summed E-state index contributed by atoms with van der Waals surface area (Å²) in [4.78, 5) is 7.70. The lowest BCUT2D eigenvalue weighted by Crippen LogP contribution is -2.26. The molecule has 1 heterocycles. The van der Waals surface area contributed by atoms with Crippen LogP contribution in [-0.2, 0) is 0 Å². The fraction of sp³-hybridized carbons (Fsp3) is 0.444. The van der Waals surface area contributed by atoms with Gasteiger partial charge in [0.05, 0.1) is 18.1 Å². The van der Waals surface area contributed by atoms with Gasteiger partial charge in [0.1, 0.15) is 12.2 Å². The van der Waals surface area contributed by atoms with Crippen LogP contribution in [0.5, 0.6) is 0 Å². The van der Waals surface area contributed by atoms with Gasteiger partial charge in [0.15, 0.2) is 0 Å². The smallest absolute Gasteiger partial charge is 0.115 e. The van der Waals surface area contributed by atoms with E-state index in [0.717, 1.165) is 5.69 Å². The van der Waals surface area contributed by atoms with Crippen LogP contribution in [0.1, 0.15) is 20.8 Å². The van der Waals surface area contributed by atoms with Crippen LogP contribution >= 0.6 is 0 Å². The molecule has 0 saturated heterocycles. The Morgan fingerprint density at radius 1 is 1.31 bits per heavy atom. The maximum Gasteiger partial charge on any atom is 0.115 e. The van der Waals surface area contributed by atoms with Gasteiger partial charge in [-0.1, -0.05) is 20.8 Å². The summed E-state index contributed by atoms with van der Waals surface area (Å²) in [7, 11) is 0. The highest BCUT2D eigenvalue weighted by Crippen LogP contribution is 2.16. The minimum Gasteiger partial charge on any atom is -0.341 e. The maximum atomic E-state index is 7.71. The molecule has 4 heteroatoms. The molecule has 0 fully saturated rings. The molecule has 0 radical (unpaired) electrons. The Balaban J connectivity index is 2.66. The molecule has 1 aromatic rings. The normalized spacial score (nSPS) is 11.0. The van der Waals surface area contributed by atoms with Crippen molar-refractivity contribution < 1.29 is 0 Å². The van der Waals surface area contributed by atoms with Crippen molar-refractivity contribution in [2.24, 2.45) is 5.41 Å². The molecule has 0 spiro atoms. The van der Waals surface area contributed by atoms with Gasteiger partial charge in [-0.05, 0) is 0 Å². The zero-order valence-corrected chi connectivity index (χ0v) is 8.13. The zero-order chi connectivity index (χ0) is 9.90. The first kappa shape index (κ1) is 9.64. The van der Waals surface area contributed by atoms with Gasteiger partial charge in [-0.2, -0.15) is 0 Å². The van der Waals surface area contributed by atoms with Crippen LogP contribution in [0.4, 0.5) is 5.69 Å². The third-order valence-electron chi connectivity index (χ3n) is 1.58. The van der Waals surface area contributed by atoms with Crippen molar-refractivity contribution in [1.82, 2.24) is 9.97 Å². The zero-order valence-electron chi connectivity index (χ0n) is 8.13. The van der Waals surface area contributed by atoms with Crippen LogP contribution in [0.15, 0.2) is 18.7 Å². The van der Waals surface area contributed by atoms with Crippen molar-refractivity contribution in [3.05, 3.63) is 18.7 Å². The van der Waals surface area contributed by atoms with Gasteiger partial charge in [-0.15, -0.1) is 0 Å². The lowest BCUT2D eigenvalue weighted by Gasteiger charge is -2.20. The van der Waals surface area contributed by atoms with Gasteiger partial charge in [-0.25, -0.2) is 9.97 Å². The fourth-order valence-electron chi connectivity index (χ4n) is 0.695. The first-order valence-electron chi connectivity index (χ1n) is 4.11. The minimum absolute atomic E-state index is 0.171. The van der Waals surface area contributed by atoms with Crippen molar-refractivity contribution in [2.45, 2.75) is 20.8 Å². The molecule has 0 saturated carbocycles. The Morgan fingerprint density at radius 3 is 2.31 bits per heavy atom. The molecule has 0 bridgehead atoms. The number of nitrogens with zero attached hydrogens (tertiary/aromatic N) is 2. The van der Waals surface area contributed by atoms with E-state index < -0.39 is 0 Å². The van der Waals surface area contributed by atoms with Crippen LogP contribution in [0.3, 0.4) is 0 Å². The van der Waals surface area contributed by atoms with E-state index in [-0.39, 0.29) is 5.41 Å². The summed E-state index contributed by atoms with van der Waals surface area (Å²) in [5, 5.41) is 10.7. The highest BCUT2D eigenvalue weighted by molar-refractivity contribution is 5.96. The molecule has 0 aliphatic rings. The molecule has 1 rings (SSSR count). The second kappa shape index (κ2) is 3.51. The van der Waals surface area contributed by atoms with E-state index >= 15 is 0 Å². The van der Waals surface area contributed by atoms with E-state index in [1.54, 1.807) is 12.4 Å². The number of hydrogen-bond acceptors (Lipinski definition) is 3. The van der Waals surface area contributed by atoms with Gasteiger partial charge in [0, 0.05) is 5.41 Å². The van der Waals surface area contributed by atoms with E-state index in [1.807, 2.05) is 20.8 Å². The van der Waals surface area contributed by atoms with Gasteiger partial charge in [-0.3, -0.25) is 5.41 Å². The fourth-order valence-corrected chi connectivity index (χ4v) is 0.695. The molecule has 0 aromatic carbocycles. The van der Waals surface area contributed by atoms with E-state index in [4.69, 9.17) is 5.41 Å². The van der Waals surface area contributed by atoms with E-state index in [9.17, 15) is 0 Å². The summed E-state index contributed by atoms with van der Waals surface area (Å²) in [5.74, 6) is 0.460. The monoisotopic (exact) mass is 178 g/mol. The van der Waals surface area contributed by atoms with E-state index in [2.05, 4.69) is 15.3 Å². The minimum atomic E-state index is -0.171. The van der Waals surface area contributed by atoms with Gasteiger partial charge in [0.2, 0.25) is 0 Å². The Kier molecular flexibility index (Phi) is 2.60. The van der Waals surface area contributed by atoms with Gasteiger partial charge < -0.3 is 5.32 Å². The van der Waals surface area contributed by atoms with Gasteiger partial charge >= 0.3 is 0 Å². The average Bonchev–Trinajstić information content (AvgIpc) is 2.04. The van der Waals surface area contributed by atoms with Crippen LogP contribution in [0.25, 0.3) is 0 Å². The number of anilines is 1. The Labute approximate surface area is 77.9 Å². The molecular weight excluding hydrogens is 164 g/mol. The molecule has 0 unspecified atom stereocenters. The average molecular weight is 178 g/mol. The number of aromatic nitrogens is 2. The first-order chi connectivity index (χ1) is 6.00. The van der Waals surface area contributed by atoms with Crippen molar-refractivity contribution >= 4 is 11.5 Å². The molecule has 13 heavy (non-hydrogen) atoms.